The van der Waals surface area contributed by atoms with Crippen molar-refractivity contribution in [3.8, 4) is 0 Å². The van der Waals surface area contributed by atoms with Gasteiger partial charge < -0.3 is 5.73 Å². The van der Waals surface area contributed by atoms with Crippen LogP contribution in [0.5, 0.6) is 0 Å². The second-order valence-corrected chi connectivity index (χ2v) is 5.32. The minimum atomic E-state index is -0.192. The normalized spacial score (nSPS) is 12.7. The monoisotopic (exact) mass is 282 g/mol. The van der Waals surface area contributed by atoms with Crippen molar-refractivity contribution in [1.29, 1.82) is 0 Å². The van der Waals surface area contributed by atoms with E-state index in [9.17, 15) is 4.39 Å². The molecular formula is C15H23FN2S. The van der Waals surface area contributed by atoms with E-state index in [0.717, 1.165) is 31.5 Å². The summed E-state index contributed by atoms with van der Waals surface area (Å²) in [6, 6.07) is 5.02. The molecule has 1 aromatic rings. The first-order chi connectivity index (χ1) is 9.01. The fraction of sp³-hybridized carbons (Fsp3) is 0.533. The molecule has 0 spiro atoms. The summed E-state index contributed by atoms with van der Waals surface area (Å²) in [5.41, 5.74) is 7.53. The minimum absolute atomic E-state index is 0.103. The smallest absolute Gasteiger partial charge is 0.126 e. The quantitative estimate of drug-likeness (QED) is 0.775. The number of hydrogen-bond donors (Lipinski definition) is 1. The van der Waals surface area contributed by atoms with Crippen molar-refractivity contribution in [2.24, 2.45) is 5.73 Å². The maximum Gasteiger partial charge on any atom is 0.126 e. The van der Waals surface area contributed by atoms with E-state index in [1.807, 2.05) is 6.07 Å². The molecule has 0 amide bonds. The lowest BCUT2D eigenvalue weighted by molar-refractivity contribution is 0.245. The van der Waals surface area contributed by atoms with Crippen molar-refractivity contribution in [3.63, 3.8) is 0 Å². The van der Waals surface area contributed by atoms with Gasteiger partial charge in [-0.1, -0.05) is 38.2 Å². The molecule has 0 aliphatic rings. The van der Waals surface area contributed by atoms with Crippen LogP contribution in [0.4, 0.5) is 4.39 Å². The molecule has 0 saturated heterocycles. The Bertz CT molecular complexity index is 428. The maximum atomic E-state index is 13.4. The standard InChI is InChI=1S/C15H23FN2S/c1-4-8-18(9-5-2)14(15(17)19)12-6-7-13(16)11(3)10-12/h6-7,10,14H,4-5,8-9H2,1-3H3,(H2,17,19). The first-order valence-electron chi connectivity index (χ1n) is 6.80. The van der Waals surface area contributed by atoms with E-state index < -0.39 is 0 Å². The van der Waals surface area contributed by atoms with Gasteiger partial charge in [0, 0.05) is 0 Å². The van der Waals surface area contributed by atoms with E-state index in [2.05, 4.69) is 18.7 Å². The number of hydrogen-bond acceptors (Lipinski definition) is 2. The summed E-state index contributed by atoms with van der Waals surface area (Å²) in [6.45, 7) is 7.91. The molecule has 0 saturated carbocycles. The number of rotatable bonds is 7. The summed E-state index contributed by atoms with van der Waals surface area (Å²) in [7, 11) is 0. The molecule has 2 nitrogen and oxygen atoms in total. The largest absolute Gasteiger partial charge is 0.392 e. The van der Waals surface area contributed by atoms with Crippen molar-refractivity contribution in [2.75, 3.05) is 13.1 Å². The Morgan fingerprint density at radius 3 is 2.32 bits per heavy atom. The summed E-state index contributed by atoms with van der Waals surface area (Å²) in [4.78, 5) is 2.72. The fourth-order valence-electron chi connectivity index (χ4n) is 2.34. The molecule has 2 N–H and O–H groups in total. The molecule has 1 rings (SSSR count). The van der Waals surface area contributed by atoms with Gasteiger partial charge in [0.15, 0.2) is 0 Å². The van der Waals surface area contributed by atoms with Crippen LogP contribution >= 0.6 is 12.2 Å². The second kappa shape index (κ2) is 7.56. The van der Waals surface area contributed by atoms with Crippen molar-refractivity contribution < 1.29 is 4.39 Å². The number of halogens is 1. The highest BCUT2D eigenvalue weighted by molar-refractivity contribution is 7.80. The molecule has 0 bridgehead atoms. The average Bonchev–Trinajstić information content (AvgIpc) is 2.34. The Labute approximate surface area is 120 Å². The molecule has 0 aliphatic carbocycles. The summed E-state index contributed by atoms with van der Waals surface area (Å²) in [5.74, 6) is -0.192. The van der Waals surface area contributed by atoms with Gasteiger partial charge in [-0.15, -0.1) is 0 Å². The molecule has 0 aromatic heterocycles. The third-order valence-electron chi connectivity index (χ3n) is 3.15. The van der Waals surface area contributed by atoms with Crippen LogP contribution in [-0.2, 0) is 0 Å². The van der Waals surface area contributed by atoms with Gasteiger partial charge in [0.1, 0.15) is 5.82 Å². The van der Waals surface area contributed by atoms with Gasteiger partial charge in [-0.3, -0.25) is 4.90 Å². The highest BCUT2D eigenvalue weighted by Gasteiger charge is 2.22. The van der Waals surface area contributed by atoms with Crippen LogP contribution in [0.3, 0.4) is 0 Å². The number of nitrogens with zero attached hydrogens (tertiary/aromatic N) is 1. The highest BCUT2D eigenvalue weighted by atomic mass is 32.1. The Balaban J connectivity index is 3.10. The van der Waals surface area contributed by atoms with Gasteiger partial charge in [0.25, 0.3) is 0 Å². The van der Waals surface area contributed by atoms with Crippen molar-refractivity contribution in [1.82, 2.24) is 4.90 Å². The molecule has 1 aromatic carbocycles. The van der Waals surface area contributed by atoms with Crippen LogP contribution in [0.25, 0.3) is 0 Å². The van der Waals surface area contributed by atoms with E-state index in [1.165, 1.54) is 6.07 Å². The van der Waals surface area contributed by atoms with Crippen molar-refractivity contribution in [2.45, 2.75) is 39.7 Å². The number of nitrogens with two attached hydrogens (primary N) is 1. The van der Waals surface area contributed by atoms with Crippen LogP contribution in [0, 0.1) is 12.7 Å². The van der Waals surface area contributed by atoms with Gasteiger partial charge in [0.2, 0.25) is 0 Å². The third kappa shape index (κ3) is 4.25. The average molecular weight is 282 g/mol. The second-order valence-electron chi connectivity index (χ2n) is 4.85. The Kier molecular flexibility index (Phi) is 6.38. The molecule has 19 heavy (non-hydrogen) atoms. The van der Waals surface area contributed by atoms with E-state index in [1.54, 1.807) is 13.0 Å². The van der Waals surface area contributed by atoms with Crippen LogP contribution < -0.4 is 5.73 Å². The highest BCUT2D eigenvalue weighted by Crippen LogP contribution is 2.24. The molecule has 0 fully saturated rings. The first kappa shape index (κ1) is 16.1. The van der Waals surface area contributed by atoms with Crippen LogP contribution in [0.1, 0.15) is 43.9 Å². The van der Waals surface area contributed by atoms with E-state index in [4.69, 9.17) is 18.0 Å². The lowest BCUT2D eigenvalue weighted by Gasteiger charge is -2.31. The first-order valence-corrected chi connectivity index (χ1v) is 7.21. The zero-order valence-corrected chi connectivity index (χ0v) is 12.8. The number of thiocarbonyl (C=S) groups is 1. The molecule has 4 heteroatoms. The maximum absolute atomic E-state index is 13.4. The van der Waals surface area contributed by atoms with E-state index in [-0.39, 0.29) is 11.9 Å². The molecule has 1 atom stereocenters. The molecular weight excluding hydrogens is 259 g/mol. The molecule has 0 radical (unpaired) electrons. The van der Waals surface area contributed by atoms with Crippen molar-refractivity contribution in [3.05, 3.63) is 35.1 Å². The summed E-state index contributed by atoms with van der Waals surface area (Å²) in [6.07, 6.45) is 2.08. The topological polar surface area (TPSA) is 29.3 Å². The lowest BCUT2D eigenvalue weighted by atomic mass is 10.0. The lowest BCUT2D eigenvalue weighted by Crippen LogP contribution is -2.38. The molecule has 106 valence electrons. The number of aryl methyl sites for hydroxylation is 1. The zero-order valence-electron chi connectivity index (χ0n) is 11.9. The fourth-order valence-corrected chi connectivity index (χ4v) is 2.62. The van der Waals surface area contributed by atoms with Gasteiger partial charge in [-0.05, 0) is 50.0 Å². The van der Waals surface area contributed by atoms with Gasteiger partial charge >= 0.3 is 0 Å². The zero-order chi connectivity index (χ0) is 14.4. The van der Waals surface area contributed by atoms with Crippen molar-refractivity contribution >= 4 is 17.2 Å². The summed E-state index contributed by atoms with van der Waals surface area (Å²) in [5, 5.41) is 0. The van der Waals surface area contributed by atoms with Crippen LogP contribution in [0.15, 0.2) is 18.2 Å². The SMILES string of the molecule is CCCN(CCC)C(C(N)=S)c1ccc(F)c(C)c1. The molecule has 1 unspecified atom stereocenters. The predicted octanol–water partition coefficient (Wildman–Crippen LogP) is 3.58. The van der Waals surface area contributed by atoms with E-state index >= 15 is 0 Å². The van der Waals surface area contributed by atoms with Crippen LogP contribution in [-0.4, -0.2) is 23.0 Å². The Hall–Kier alpha value is -1.00. The third-order valence-corrected chi connectivity index (χ3v) is 3.38. The van der Waals surface area contributed by atoms with Gasteiger partial charge in [0.05, 0.1) is 11.0 Å². The summed E-state index contributed by atoms with van der Waals surface area (Å²) >= 11 is 5.22. The summed E-state index contributed by atoms with van der Waals surface area (Å²) < 4.78 is 13.4. The van der Waals surface area contributed by atoms with Gasteiger partial charge in [-0.25, -0.2) is 4.39 Å². The van der Waals surface area contributed by atoms with E-state index in [0.29, 0.717) is 10.6 Å². The predicted molar refractivity (Wildman–Crippen MR) is 82.8 cm³/mol. The van der Waals surface area contributed by atoms with Crippen LogP contribution in [0.2, 0.25) is 0 Å². The Morgan fingerprint density at radius 2 is 1.89 bits per heavy atom. The Morgan fingerprint density at radius 1 is 1.32 bits per heavy atom. The van der Waals surface area contributed by atoms with Gasteiger partial charge in [-0.2, -0.15) is 0 Å². The molecule has 0 heterocycles. The minimum Gasteiger partial charge on any atom is -0.392 e. The molecule has 0 aliphatic heterocycles. The number of benzene rings is 1.